The molecule has 708 valence electrons. The van der Waals surface area contributed by atoms with Crippen molar-refractivity contribution in [1.29, 1.82) is 5.26 Å². The van der Waals surface area contributed by atoms with Crippen LogP contribution < -0.4 is 94.7 Å². The van der Waals surface area contributed by atoms with Gasteiger partial charge < -0.3 is 84.2 Å². The summed E-state index contributed by atoms with van der Waals surface area (Å²) in [6.45, 7) is 29.2. The molecule has 0 aliphatic carbocycles. The van der Waals surface area contributed by atoms with E-state index in [0.717, 1.165) is 131 Å². The predicted molar refractivity (Wildman–Crippen MR) is 524 cm³/mol. The third-order valence-electron chi connectivity index (χ3n) is 20.2. The average Bonchev–Trinajstić information content (AvgIpc) is 1.59. The van der Waals surface area contributed by atoms with Crippen LogP contribution in [0, 0.1) is 73.6 Å². The van der Waals surface area contributed by atoms with E-state index in [1.54, 1.807) is 106 Å². The largest absolute Gasteiger partial charge is 1.00 e. The molecule has 2 amide bonds. The minimum Gasteiger partial charge on any atom is -0.571 e. The molecule has 0 spiro atoms. The molecule has 32 nitrogen and oxygen atoms in total. The summed E-state index contributed by atoms with van der Waals surface area (Å²) in [5.41, 5.74) is 28.1. The number of nitriles is 1. The molecular weight excluding hydrogens is 1900 g/mol. The fraction of sp³-hybridized carbons (Fsp3) is 0.308. The van der Waals surface area contributed by atoms with Crippen LogP contribution in [0.3, 0.4) is 0 Å². The van der Waals surface area contributed by atoms with Crippen LogP contribution in [0.5, 0.6) is 23.0 Å². The van der Waals surface area contributed by atoms with Crippen LogP contribution in [-0.2, 0) is 62.8 Å². The number of carbonyl (C=O) groups excluding carboxylic acids is 4. The number of nitrogens with one attached hydrogen (secondary N) is 4. The number of aryl methyl sites for hydroxylation is 6. The van der Waals surface area contributed by atoms with E-state index in [-0.39, 0.29) is 116 Å². The zero-order valence-electron chi connectivity index (χ0n) is 76.7. The van der Waals surface area contributed by atoms with Crippen molar-refractivity contribution in [3.63, 3.8) is 0 Å². The molecule has 3 saturated heterocycles. The van der Waals surface area contributed by atoms with E-state index in [4.69, 9.17) is 60.6 Å². The molecule has 3 fully saturated rings. The van der Waals surface area contributed by atoms with Crippen LogP contribution in [0.25, 0.3) is 4.72 Å². The first-order chi connectivity index (χ1) is 62.8. The summed E-state index contributed by atoms with van der Waals surface area (Å²) in [6, 6.07) is 39.3. The van der Waals surface area contributed by atoms with E-state index in [2.05, 4.69) is 102 Å². The van der Waals surface area contributed by atoms with E-state index in [1.165, 1.54) is 137 Å². The molecule has 0 bridgehead atoms. The summed E-state index contributed by atoms with van der Waals surface area (Å²) < 4.78 is 153. The number of ether oxygens (including phenoxy) is 9. The van der Waals surface area contributed by atoms with Gasteiger partial charge in [0.25, 0.3) is 40.9 Å². The van der Waals surface area contributed by atoms with Gasteiger partial charge in [-0.1, -0.05) is 72.8 Å². The van der Waals surface area contributed by atoms with Crippen LogP contribution in [0.2, 0.25) is 0 Å². The third kappa shape index (κ3) is 28.9. The summed E-state index contributed by atoms with van der Waals surface area (Å²) in [5.74, 6) is -0.845. The van der Waals surface area contributed by atoms with Crippen molar-refractivity contribution in [1.82, 2.24) is 0 Å². The SMILES string of the molecule is CC#N.COC(=O)c1sccc1N.COC(=O)c1sccc1NS(=O)(=O)c1ccccc1OC.COc1ccccc1S(=O)(=O)Cl.COc1ccccc1S(=O)(=O)Nc1ccsc1C(=O)Nc1c(C)cc(C)c(N2CCOCC2)c1C.COc1ccccc1S(=O)(=O)[N-]c1ccsc1C(=O)Nc1c(C)cc(C)c(N2CCOCC2)c1C.Cc1cc(C)c(N2CCOCC2)c(C)c1N.[Na+]. The van der Waals surface area contributed by atoms with Crippen molar-refractivity contribution in [3.8, 4) is 29.1 Å². The maximum Gasteiger partial charge on any atom is 1.00 e. The van der Waals surface area contributed by atoms with Crippen molar-refractivity contribution in [2.45, 2.75) is 88.8 Å². The minimum absolute atomic E-state index is 0. The zero-order chi connectivity index (χ0) is 97.0. The number of hydrogen-bond acceptors (Lipinski definition) is 31. The average molecular weight is 2010 g/mol. The van der Waals surface area contributed by atoms with Gasteiger partial charge in [0.2, 0.25) is 0 Å². The normalized spacial score (nSPS) is 12.9. The number of methoxy groups -OCH3 is 6. The van der Waals surface area contributed by atoms with E-state index in [0.29, 0.717) is 42.7 Å². The molecule has 4 aromatic heterocycles. The quantitative estimate of drug-likeness (QED) is 0.0150. The molecule has 7 aromatic carbocycles. The molecule has 0 atom stereocenters. The first-order valence-electron chi connectivity index (χ1n) is 40.5. The van der Waals surface area contributed by atoms with Gasteiger partial charge in [-0.05, 0) is 201 Å². The van der Waals surface area contributed by atoms with E-state index < -0.39 is 51.0 Å². The molecule has 133 heavy (non-hydrogen) atoms. The Hall–Kier alpha value is -10.7. The number of hydrogen-bond donors (Lipinski definition) is 6. The van der Waals surface area contributed by atoms with Gasteiger partial charge >= 0.3 is 41.5 Å². The second-order valence-electron chi connectivity index (χ2n) is 29.0. The predicted octanol–water partition coefficient (Wildman–Crippen LogP) is 14.4. The molecule has 11 aromatic rings. The van der Waals surface area contributed by atoms with Crippen LogP contribution in [-0.4, -0.2) is 179 Å². The van der Waals surface area contributed by atoms with Crippen LogP contribution in [0.1, 0.15) is 95.7 Å². The summed E-state index contributed by atoms with van der Waals surface area (Å²) in [4.78, 5) is 57.0. The smallest absolute Gasteiger partial charge is 0.571 e. The molecule has 7 heterocycles. The second-order valence-corrected chi connectivity index (χ2v) is 40.1. The second kappa shape index (κ2) is 51.1. The fourth-order valence-electron chi connectivity index (χ4n) is 14.3. The Morgan fingerprint density at radius 2 is 0.744 bits per heavy atom. The van der Waals surface area contributed by atoms with Crippen LogP contribution >= 0.6 is 56.0 Å². The molecule has 14 rings (SSSR count). The Morgan fingerprint density at radius 3 is 1.13 bits per heavy atom. The summed E-state index contributed by atoms with van der Waals surface area (Å²) >= 11 is 4.69. The number of nitrogen functional groups attached to an aromatic ring is 2. The molecule has 0 saturated carbocycles. The van der Waals surface area contributed by atoms with Gasteiger partial charge in [0, 0.05) is 91.0 Å². The summed E-state index contributed by atoms with van der Waals surface area (Å²) in [6.07, 6.45) is 0. The Labute approximate surface area is 820 Å². The minimum atomic E-state index is -4.09. The van der Waals surface area contributed by atoms with E-state index in [1.807, 2.05) is 27.7 Å². The van der Waals surface area contributed by atoms with E-state index in [9.17, 15) is 52.8 Å². The number of anilines is 9. The summed E-state index contributed by atoms with van der Waals surface area (Å²) in [5, 5.41) is 20.1. The first kappa shape index (κ1) is 109. The van der Waals surface area contributed by atoms with Gasteiger partial charge in [-0.25, -0.2) is 43.3 Å². The molecule has 8 N–H and O–H groups in total. The van der Waals surface area contributed by atoms with Crippen molar-refractivity contribution in [2.24, 2.45) is 0 Å². The van der Waals surface area contributed by atoms with Gasteiger partial charge in [0.05, 0.1) is 115 Å². The van der Waals surface area contributed by atoms with Crippen molar-refractivity contribution < 1.29 is 125 Å². The van der Waals surface area contributed by atoms with Gasteiger partial charge in [-0.3, -0.25) is 19.0 Å². The molecule has 3 aliphatic rings. The monoisotopic (exact) mass is 2000 g/mol. The number of benzene rings is 7. The molecule has 0 radical (unpaired) electrons. The summed E-state index contributed by atoms with van der Waals surface area (Å²) in [7, 11) is -2.33. The number of halogens is 1. The number of para-hydroxylation sites is 4. The number of amides is 2. The fourth-order valence-corrected chi connectivity index (χ4v) is 22.2. The number of thiophene rings is 4. The Morgan fingerprint density at radius 1 is 0.429 bits per heavy atom. The van der Waals surface area contributed by atoms with Crippen LogP contribution in [0.4, 0.5) is 56.9 Å². The Kier molecular flexibility index (Phi) is 42.0. The number of esters is 2. The number of nitrogens with zero attached hydrogens (tertiary/aromatic N) is 5. The van der Waals surface area contributed by atoms with Gasteiger partial charge in [0.1, 0.15) is 62.3 Å². The zero-order valence-corrected chi connectivity index (χ0v) is 86.0. The Balaban J connectivity index is 0.000000228. The number of rotatable bonds is 23. The van der Waals surface area contributed by atoms with Crippen molar-refractivity contribution >= 4 is 176 Å². The van der Waals surface area contributed by atoms with E-state index >= 15 is 0 Å². The molecular formula is C91H107ClN11NaO21S8. The van der Waals surface area contributed by atoms with Gasteiger partial charge in [-0.2, -0.15) is 5.26 Å². The van der Waals surface area contributed by atoms with Gasteiger partial charge in [-0.15, -0.1) is 51.0 Å². The number of morpholine rings is 3. The standard InChI is InChI=1S/2C25H29N3O5S2.C13H20N2O.C13H13NO5S2.C7H7ClO3S.C6H7NO2S.C2H3N.Na/c2*1-16-15-17(2)23(28-10-12-33-13-11-28)18(3)22(16)26-25(29)24-19(9-14-34-24)27-35(30,31)21-8-6-5-7-20(21)32-4;1-9-8-10(2)13(11(3)12(9)14)15-4-6-16-7-5-15;1-18-10-5-3-4-6-11(10)21(16,17)14-9-7-8-20-12(9)13(15)19-2;1-11-6-4-2-3-5-7(6)12(8,9)10;1-9-6(8)5-4(7)2-3-10-5;1-2-3;/h5-9,14-15H,10-13H2,1-4H3,(H2,26,27,29);5-9,14-15,27H,10-13H2,1-4H3,(H,26,29);8H,4-7,14H2,1-3H3;3-8,14H,1-2H3;2-5H,1H3;2-3H,7H2,1H3;1H3;/q;;;;;;;+1/p-1. The topological polar surface area (TPSA) is 436 Å². The van der Waals surface area contributed by atoms with Gasteiger partial charge in [0.15, 0.2) is 0 Å². The number of sulfonamides is 3. The molecule has 42 heteroatoms. The third-order valence-corrected chi connectivity index (χ3v) is 29.4. The molecule has 0 unspecified atom stereocenters. The van der Waals surface area contributed by atoms with Crippen molar-refractivity contribution in [3.05, 3.63) is 235 Å². The maximum absolute atomic E-state index is 13.3. The first-order valence-corrected chi connectivity index (χ1v) is 50.7. The number of carbonyl (C=O) groups is 4. The number of nitrogens with two attached hydrogens (primary N) is 2. The maximum atomic E-state index is 13.3. The van der Waals surface area contributed by atoms with Crippen molar-refractivity contribution in [2.75, 3.05) is 168 Å². The van der Waals surface area contributed by atoms with Crippen LogP contribution in [0.15, 0.2) is 181 Å². The Bertz CT molecular complexity index is 6180. The molecule has 3 aliphatic heterocycles.